The molecule has 0 saturated carbocycles. The molecule has 1 aromatic rings. The Kier molecular flexibility index (Phi) is 2.49. The van der Waals surface area contributed by atoms with Crippen molar-refractivity contribution in [1.29, 1.82) is 0 Å². The van der Waals surface area contributed by atoms with Crippen LogP contribution in [0, 0.1) is 6.92 Å². The predicted molar refractivity (Wildman–Crippen MR) is 43.6 cm³/mol. The number of hydrogen-bond acceptors (Lipinski definition) is 2. The Morgan fingerprint density at radius 3 is 2.64 bits per heavy atom. The van der Waals surface area contributed by atoms with Crippen molar-refractivity contribution in [1.82, 2.24) is 0 Å². The molecule has 2 N–H and O–H groups in total. The molecule has 0 amide bonds. The molecule has 1 rings (SSSR count). The molecule has 0 bridgehead atoms. The van der Waals surface area contributed by atoms with Gasteiger partial charge in [0, 0.05) is 6.61 Å². The quantitative estimate of drug-likeness (QED) is 0.669. The largest absolute Gasteiger partial charge is 0.508 e. The van der Waals surface area contributed by atoms with Crippen molar-refractivity contribution in [3.05, 3.63) is 29.3 Å². The Balaban J connectivity index is 2.86. The lowest BCUT2D eigenvalue weighted by Gasteiger charge is -2.01. The first kappa shape index (κ1) is 8.08. The first-order valence-electron chi connectivity index (χ1n) is 3.63. The summed E-state index contributed by atoms with van der Waals surface area (Å²) >= 11 is 0. The van der Waals surface area contributed by atoms with Gasteiger partial charge in [-0.25, -0.2) is 0 Å². The molecule has 0 spiro atoms. The summed E-state index contributed by atoms with van der Waals surface area (Å²) in [4.78, 5) is 0. The van der Waals surface area contributed by atoms with Crippen LogP contribution in [0.4, 0.5) is 0 Å². The van der Waals surface area contributed by atoms with E-state index in [-0.39, 0.29) is 6.61 Å². The Morgan fingerprint density at radius 1 is 1.36 bits per heavy atom. The third-order valence-electron chi connectivity index (χ3n) is 1.66. The minimum atomic E-state index is 0.157. The molecular weight excluding hydrogens is 140 g/mol. The minimum Gasteiger partial charge on any atom is -0.508 e. The van der Waals surface area contributed by atoms with Crippen LogP contribution in [0.15, 0.2) is 18.2 Å². The molecule has 11 heavy (non-hydrogen) atoms. The van der Waals surface area contributed by atoms with Gasteiger partial charge >= 0.3 is 0 Å². The van der Waals surface area contributed by atoms with Crippen molar-refractivity contribution in [2.24, 2.45) is 0 Å². The zero-order valence-electron chi connectivity index (χ0n) is 6.54. The van der Waals surface area contributed by atoms with Gasteiger partial charge in [0.25, 0.3) is 0 Å². The zero-order valence-corrected chi connectivity index (χ0v) is 6.54. The molecule has 2 nitrogen and oxygen atoms in total. The maximum atomic E-state index is 9.15. The second-order valence-electron chi connectivity index (χ2n) is 2.59. The molecule has 0 heterocycles. The highest BCUT2D eigenvalue weighted by Gasteiger charge is 1.96. The van der Waals surface area contributed by atoms with Crippen molar-refractivity contribution in [3.8, 4) is 5.75 Å². The number of hydrogen-bond donors (Lipinski definition) is 2. The van der Waals surface area contributed by atoms with E-state index in [9.17, 15) is 0 Å². The molecule has 60 valence electrons. The normalized spacial score (nSPS) is 10.0. The van der Waals surface area contributed by atoms with Gasteiger partial charge in [-0.3, -0.25) is 0 Å². The average molecular weight is 152 g/mol. The van der Waals surface area contributed by atoms with E-state index in [0.29, 0.717) is 12.2 Å². The summed E-state index contributed by atoms with van der Waals surface area (Å²) in [7, 11) is 0. The van der Waals surface area contributed by atoms with E-state index in [1.54, 1.807) is 6.07 Å². The van der Waals surface area contributed by atoms with Gasteiger partial charge in [0.1, 0.15) is 5.75 Å². The summed E-state index contributed by atoms with van der Waals surface area (Å²) in [6.07, 6.45) is 0.654. The van der Waals surface area contributed by atoms with E-state index in [1.165, 1.54) is 0 Å². The van der Waals surface area contributed by atoms with E-state index in [1.807, 2.05) is 19.1 Å². The summed E-state index contributed by atoms with van der Waals surface area (Å²) in [5.74, 6) is 0.312. The SMILES string of the molecule is Cc1cc(CCO)ccc1O. The molecule has 0 unspecified atom stereocenters. The van der Waals surface area contributed by atoms with Crippen LogP contribution < -0.4 is 0 Å². The molecule has 0 fully saturated rings. The Bertz CT molecular complexity index is 243. The van der Waals surface area contributed by atoms with E-state index in [0.717, 1.165) is 11.1 Å². The van der Waals surface area contributed by atoms with Crippen molar-refractivity contribution in [2.45, 2.75) is 13.3 Å². The summed E-state index contributed by atoms with van der Waals surface area (Å²) in [6, 6.07) is 5.35. The highest BCUT2D eigenvalue weighted by atomic mass is 16.3. The first-order chi connectivity index (χ1) is 5.24. The van der Waals surface area contributed by atoms with Crippen LogP contribution in [0.3, 0.4) is 0 Å². The van der Waals surface area contributed by atoms with E-state index in [4.69, 9.17) is 10.2 Å². The van der Waals surface area contributed by atoms with Crippen molar-refractivity contribution in [2.75, 3.05) is 6.61 Å². The molecule has 0 atom stereocenters. The van der Waals surface area contributed by atoms with Crippen molar-refractivity contribution >= 4 is 0 Å². The maximum absolute atomic E-state index is 9.15. The first-order valence-corrected chi connectivity index (χ1v) is 3.63. The van der Waals surface area contributed by atoms with Crippen LogP contribution in [0.5, 0.6) is 5.75 Å². The number of aliphatic hydroxyl groups is 1. The number of rotatable bonds is 2. The lowest BCUT2D eigenvalue weighted by atomic mass is 10.1. The molecule has 0 aliphatic rings. The highest BCUT2D eigenvalue weighted by molar-refractivity contribution is 5.34. The van der Waals surface area contributed by atoms with Gasteiger partial charge in [0.2, 0.25) is 0 Å². The number of phenolic OH excluding ortho intramolecular Hbond substituents is 1. The third-order valence-corrected chi connectivity index (χ3v) is 1.66. The number of phenols is 1. The second kappa shape index (κ2) is 3.39. The van der Waals surface area contributed by atoms with Gasteiger partial charge in [0.05, 0.1) is 0 Å². The molecule has 0 saturated heterocycles. The Labute approximate surface area is 66.1 Å². The number of benzene rings is 1. The van der Waals surface area contributed by atoms with Crippen LogP contribution in [-0.4, -0.2) is 16.8 Å². The fourth-order valence-corrected chi connectivity index (χ4v) is 1.00. The predicted octanol–water partition coefficient (Wildman–Crippen LogP) is 1.24. The van der Waals surface area contributed by atoms with Crippen LogP contribution >= 0.6 is 0 Å². The Morgan fingerprint density at radius 2 is 2.09 bits per heavy atom. The summed E-state index contributed by atoms with van der Waals surface area (Å²) < 4.78 is 0. The van der Waals surface area contributed by atoms with Gasteiger partial charge in [-0.2, -0.15) is 0 Å². The third kappa shape index (κ3) is 1.95. The van der Waals surface area contributed by atoms with Crippen LogP contribution in [0.1, 0.15) is 11.1 Å². The van der Waals surface area contributed by atoms with E-state index in [2.05, 4.69) is 0 Å². The van der Waals surface area contributed by atoms with Crippen molar-refractivity contribution < 1.29 is 10.2 Å². The molecular formula is C9H12O2. The fraction of sp³-hybridized carbons (Fsp3) is 0.333. The van der Waals surface area contributed by atoms with Crippen LogP contribution in [0.25, 0.3) is 0 Å². The number of aromatic hydroxyl groups is 1. The fourth-order valence-electron chi connectivity index (χ4n) is 1.00. The van der Waals surface area contributed by atoms with Gasteiger partial charge in [0.15, 0.2) is 0 Å². The second-order valence-corrected chi connectivity index (χ2v) is 2.59. The molecule has 0 radical (unpaired) electrons. The average Bonchev–Trinajstić information content (AvgIpc) is 1.98. The summed E-state index contributed by atoms with van der Waals surface area (Å²) in [5, 5.41) is 17.8. The van der Waals surface area contributed by atoms with E-state index >= 15 is 0 Å². The maximum Gasteiger partial charge on any atom is 0.118 e. The number of aliphatic hydroxyl groups excluding tert-OH is 1. The highest BCUT2D eigenvalue weighted by Crippen LogP contribution is 2.16. The van der Waals surface area contributed by atoms with Gasteiger partial charge in [-0.1, -0.05) is 12.1 Å². The molecule has 0 aliphatic heterocycles. The van der Waals surface area contributed by atoms with Gasteiger partial charge in [-0.05, 0) is 30.5 Å². The van der Waals surface area contributed by atoms with Gasteiger partial charge < -0.3 is 10.2 Å². The lowest BCUT2D eigenvalue weighted by Crippen LogP contribution is -1.90. The minimum absolute atomic E-state index is 0.157. The molecule has 0 aliphatic carbocycles. The summed E-state index contributed by atoms with van der Waals surface area (Å²) in [6.45, 7) is 2.00. The number of aryl methyl sites for hydroxylation is 1. The lowest BCUT2D eigenvalue weighted by molar-refractivity contribution is 0.299. The zero-order chi connectivity index (χ0) is 8.27. The Hall–Kier alpha value is -1.02. The molecule has 1 aromatic carbocycles. The van der Waals surface area contributed by atoms with Gasteiger partial charge in [-0.15, -0.1) is 0 Å². The smallest absolute Gasteiger partial charge is 0.118 e. The topological polar surface area (TPSA) is 40.5 Å². The van der Waals surface area contributed by atoms with E-state index < -0.39 is 0 Å². The van der Waals surface area contributed by atoms with Crippen LogP contribution in [0.2, 0.25) is 0 Å². The monoisotopic (exact) mass is 152 g/mol. The van der Waals surface area contributed by atoms with Crippen LogP contribution in [-0.2, 0) is 6.42 Å². The standard InChI is InChI=1S/C9H12O2/c1-7-6-8(4-5-10)2-3-9(7)11/h2-3,6,10-11H,4-5H2,1H3. The van der Waals surface area contributed by atoms with Crippen molar-refractivity contribution in [3.63, 3.8) is 0 Å². The molecule has 0 aromatic heterocycles. The molecule has 2 heteroatoms. The summed E-state index contributed by atoms with van der Waals surface area (Å²) in [5.41, 5.74) is 1.92.